The summed E-state index contributed by atoms with van der Waals surface area (Å²) in [7, 11) is 0. The first-order chi connectivity index (χ1) is 14.9. The molecular weight excluding hydrogens is 416 g/mol. The van der Waals surface area contributed by atoms with E-state index >= 15 is 0 Å². The van der Waals surface area contributed by atoms with Gasteiger partial charge in [-0.15, -0.1) is 0 Å². The Labute approximate surface area is 186 Å². The first kappa shape index (κ1) is 21.9. The minimum absolute atomic E-state index is 0.256. The van der Waals surface area contributed by atoms with Crippen LogP contribution in [0.5, 0.6) is 11.5 Å². The second-order valence-corrected chi connectivity index (χ2v) is 9.70. The van der Waals surface area contributed by atoms with Gasteiger partial charge in [0.25, 0.3) is 0 Å². The van der Waals surface area contributed by atoms with Gasteiger partial charge in [-0.3, -0.25) is 9.59 Å². The van der Waals surface area contributed by atoms with Crippen molar-refractivity contribution in [3.8, 4) is 11.5 Å². The molecule has 6 nitrogen and oxygen atoms in total. The lowest BCUT2D eigenvalue weighted by Crippen LogP contribution is -2.32. The monoisotopic (exact) mass is 442 g/mol. The first-order valence-electron chi connectivity index (χ1n) is 10.3. The van der Waals surface area contributed by atoms with Gasteiger partial charge in [0, 0.05) is 23.0 Å². The van der Waals surface area contributed by atoms with E-state index in [9.17, 15) is 9.59 Å². The van der Waals surface area contributed by atoms with Crippen LogP contribution in [0.4, 0.5) is 0 Å². The quantitative estimate of drug-likeness (QED) is 0.482. The second-order valence-electron chi connectivity index (χ2n) is 8.55. The van der Waals surface area contributed by atoms with E-state index in [4.69, 9.17) is 18.9 Å². The van der Waals surface area contributed by atoms with Crippen LogP contribution >= 0.6 is 11.8 Å². The maximum Gasteiger partial charge on any atom is 0.319 e. The van der Waals surface area contributed by atoms with Crippen molar-refractivity contribution in [3.05, 3.63) is 48.5 Å². The summed E-state index contributed by atoms with van der Waals surface area (Å²) < 4.78 is 21.7. The van der Waals surface area contributed by atoms with Crippen molar-refractivity contribution in [2.75, 3.05) is 26.4 Å². The van der Waals surface area contributed by atoms with Gasteiger partial charge in [-0.2, -0.15) is 0 Å². The fourth-order valence-electron chi connectivity index (χ4n) is 3.40. The molecule has 0 aliphatic carbocycles. The van der Waals surface area contributed by atoms with Crippen molar-refractivity contribution >= 4 is 23.7 Å². The normalized spacial score (nSPS) is 25.4. The number of carbonyl (C=O) groups excluding carboxylic acids is 2. The molecule has 2 unspecified atom stereocenters. The van der Waals surface area contributed by atoms with Crippen LogP contribution in [0.1, 0.15) is 26.7 Å². The van der Waals surface area contributed by atoms with Crippen LogP contribution in [0.15, 0.2) is 58.3 Å². The zero-order valence-corrected chi connectivity index (χ0v) is 18.5. The predicted octanol–water partition coefficient (Wildman–Crippen LogP) is 4.50. The lowest BCUT2D eigenvalue weighted by molar-refractivity contribution is -0.145. The molecule has 0 saturated carbocycles. The summed E-state index contributed by atoms with van der Waals surface area (Å²) in [4.78, 5) is 26.8. The third-order valence-corrected chi connectivity index (χ3v) is 6.74. The van der Waals surface area contributed by atoms with Gasteiger partial charge in [-0.1, -0.05) is 11.8 Å². The van der Waals surface area contributed by atoms with Crippen LogP contribution in [0.2, 0.25) is 0 Å². The molecule has 2 aliphatic heterocycles. The van der Waals surface area contributed by atoms with Gasteiger partial charge in [-0.05, 0) is 75.2 Å². The first-order valence-corrected chi connectivity index (χ1v) is 11.2. The molecule has 0 N–H and O–H groups in total. The molecule has 0 aromatic heterocycles. The van der Waals surface area contributed by atoms with Gasteiger partial charge in [0.15, 0.2) is 0 Å². The molecule has 2 heterocycles. The number of rotatable bonds is 6. The van der Waals surface area contributed by atoms with Gasteiger partial charge < -0.3 is 18.9 Å². The van der Waals surface area contributed by atoms with Gasteiger partial charge >= 0.3 is 11.9 Å². The van der Waals surface area contributed by atoms with E-state index in [1.54, 1.807) is 36.0 Å². The fraction of sp³-hybridized carbons (Fsp3) is 0.417. The number of hydrogen-bond acceptors (Lipinski definition) is 7. The van der Waals surface area contributed by atoms with Crippen LogP contribution in [0, 0.1) is 10.8 Å². The molecule has 164 valence electrons. The maximum absolute atomic E-state index is 12.4. The summed E-state index contributed by atoms with van der Waals surface area (Å²) in [6.45, 7) is 5.72. The minimum Gasteiger partial charge on any atom is -0.426 e. The second kappa shape index (κ2) is 9.02. The Morgan fingerprint density at radius 3 is 1.45 bits per heavy atom. The summed E-state index contributed by atoms with van der Waals surface area (Å²) in [5.41, 5.74) is -1.14. The molecule has 0 radical (unpaired) electrons. The van der Waals surface area contributed by atoms with Gasteiger partial charge in [0.2, 0.25) is 0 Å². The molecule has 2 aromatic rings. The van der Waals surface area contributed by atoms with Crippen molar-refractivity contribution in [2.45, 2.75) is 36.5 Å². The number of ether oxygens (including phenoxy) is 4. The average Bonchev–Trinajstić information content (AvgIpc) is 3.41. The lowest BCUT2D eigenvalue weighted by Gasteiger charge is -2.19. The summed E-state index contributed by atoms with van der Waals surface area (Å²) in [6, 6.07) is 14.8. The topological polar surface area (TPSA) is 71.1 Å². The zero-order chi connectivity index (χ0) is 21.9. The molecular formula is C24H26O6S. The number of benzene rings is 2. The molecule has 31 heavy (non-hydrogen) atoms. The molecule has 0 bridgehead atoms. The third kappa shape index (κ3) is 5.11. The predicted molar refractivity (Wildman–Crippen MR) is 115 cm³/mol. The van der Waals surface area contributed by atoms with E-state index in [0.29, 0.717) is 50.8 Å². The smallest absolute Gasteiger partial charge is 0.319 e. The Bertz CT molecular complexity index is 848. The number of carbonyl (C=O) groups is 2. The van der Waals surface area contributed by atoms with Crippen molar-refractivity contribution < 1.29 is 28.5 Å². The summed E-state index contributed by atoms with van der Waals surface area (Å²) >= 11 is 1.57. The van der Waals surface area contributed by atoms with Gasteiger partial charge in [0.1, 0.15) is 11.5 Å². The Kier molecular flexibility index (Phi) is 6.36. The SMILES string of the molecule is CC1(C(=O)Oc2ccc(Sc3ccc(OC(=O)C4(C)CCOC4)cc3)cc2)CCOC1. The standard InChI is InChI=1S/C24H26O6S/c1-23(11-13-27-15-23)21(25)29-17-3-7-19(8-4-17)31-20-9-5-18(6-10-20)30-22(26)24(2)12-14-28-16-24/h3-10H,11-16H2,1-2H3. The highest BCUT2D eigenvalue weighted by Gasteiger charge is 2.40. The van der Waals surface area contributed by atoms with Crippen LogP contribution in [-0.4, -0.2) is 38.4 Å². The summed E-state index contributed by atoms with van der Waals surface area (Å²) in [5.74, 6) is 0.533. The van der Waals surface area contributed by atoms with E-state index in [1.807, 2.05) is 38.1 Å². The molecule has 2 aromatic carbocycles. The van der Waals surface area contributed by atoms with Crippen molar-refractivity contribution in [2.24, 2.45) is 10.8 Å². The van der Waals surface area contributed by atoms with E-state index < -0.39 is 10.8 Å². The van der Waals surface area contributed by atoms with Crippen molar-refractivity contribution in [1.29, 1.82) is 0 Å². The largest absolute Gasteiger partial charge is 0.426 e. The summed E-state index contributed by atoms with van der Waals surface area (Å²) in [5, 5.41) is 0. The van der Waals surface area contributed by atoms with Gasteiger partial charge in [-0.25, -0.2) is 0 Å². The molecule has 2 saturated heterocycles. The fourth-order valence-corrected chi connectivity index (χ4v) is 4.22. The average molecular weight is 443 g/mol. The highest BCUT2D eigenvalue weighted by Crippen LogP contribution is 2.34. The maximum atomic E-state index is 12.4. The molecule has 0 spiro atoms. The van der Waals surface area contributed by atoms with Crippen LogP contribution in [0.3, 0.4) is 0 Å². The van der Waals surface area contributed by atoms with E-state index in [-0.39, 0.29) is 11.9 Å². The zero-order valence-electron chi connectivity index (χ0n) is 17.7. The molecule has 2 atom stereocenters. The Hall–Kier alpha value is -2.35. The third-order valence-electron chi connectivity index (χ3n) is 5.73. The molecule has 4 rings (SSSR count). The van der Waals surface area contributed by atoms with Crippen LogP contribution in [0.25, 0.3) is 0 Å². The van der Waals surface area contributed by atoms with Crippen molar-refractivity contribution in [3.63, 3.8) is 0 Å². The van der Waals surface area contributed by atoms with E-state index in [1.165, 1.54) is 0 Å². The molecule has 0 amide bonds. The van der Waals surface area contributed by atoms with Crippen molar-refractivity contribution in [1.82, 2.24) is 0 Å². The molecule has 2 aliphatic rings. The van der Waals surface area contributed by atoms with Gasteiger partial charge in [0.05, 0.1) is 24.0 Å². The lowest BCUT2D eigenvalue weighted by atomic mass is 9.90. The number of esters is 2. The molecule has 7 heteroatoms. The number of hydrogen-bond donors (Lipinski definition) is 0. The molecule has 2 fully saturated rings. The Morgan fingerprint density at radius 2 is 1.13 bits per heavy atom. The van der Waals surface area contributed by atoms with E-state index in [0.717, 1.165) is 9.79 Å². The Balaban J connectivity index is 1.32. The highest BCUT2D eigenvalue weighted by molar-refractivity contribution is 7.99. The highest BCUT2D eigenvalue weighted by atomic mass is 32.2. The summed E-state index contributed by atoms with van der Waals surface area (Å²) in [6.07, 6.45) is 1.36. The van der Waals surface area contributed by atoms with E-state index in [2.05, 4.69) is 0 Å². The van der Waals surface area contributed by atoms with Crippen LogP contribution in [-0.2, 0) is 19.1 Å². The minimum atomic E-state index is -0.569. The Morgan fingerprint density at radius 1 is 0.742 bits per heavy atom. The van der Waals surface area contributed by atoms with Crippen LogP contribution < -0.4 is 9.47 Å².